The lowest BCUT2D eigenvalue weighted by Gasteiger charge is -2.51. The highest BCUT2D eigenvalue weighted by atomic mass is 16.8. The lowest BCUT2D eigenvalue weighted by atomic mass is 9.88. The Bertz CT molecular complexity index is 1270. The van der Waals surface area contributed by atoms with Gasteiger partial charge in [0.1, 0.15) is 79.3 Å². The molecule has 0 saturated carbocycles. The van der Waals surface area contributed by atoms with E-state index in [2.05, 4.69) is 10.6 Å². The molecule has 0 bridgehead atoms. The molecule has 0 aliphatic carbocycles. The predicted molar refractivity (Wildman–Crippen MR) is 178 cm³/mol. The number of aliphatic hydroxyl groups excluding tert-OH is 11. The minimum absolute atomic E-state index is 0.387. The molecule has 6 unspecified atom stereocenters. The minimum atomic E-state index is -3.08. The molecule has 2 amide bonds. The van der Waals surface area contributed by atoms with Crippen molar-refractivity contribution in [3.05, 3.63) is 0 Å². The summed E-state index contributed by atoms with van der Waals surface area (Å²) >= 11 is 0. The van der Waals surface area contributed by atoms with E-state index < -0.39 is 167 Å². The van der Waals surface area contributed by atoms with Gasteiger partial charge in [-0.25, -0.2) is 4.79 Å². The fraction of sp³-hybridized carbons (Fsp3) is 0.906. The van der Waals surface area contributed by atoms with Crippen molar-refractivity contribution in [1.82, 2.24) is 10.6 Å². The summed E-state index contributed by atoms with van der Waals surface area (Å²) in [6.07, 6.45) is -28.9. The van der Waals surface area contributed by atoms with Gasteiger partial charge in [0.2, 0.25) is 11.8 Å². The van der Waals surface area contributed by atoms with Crippen molar-refractivity contribution in [2.75, 3.05) is 33.0 Å². The van der Waals surface area contributed by atoms with E-state index in [4.69, 9.17) is 33.2 Å². The second-order valence-corrected chi connectivity index (χ2v) is 14.0. The smallest absolute Gasteiger partial charge is 0.364 e. The molecule has 3 rings (SSSR count). The fourth-order valence-corrected chi connectivity index (χ4v) is 6.60. The molecule has 24 heteroatoms. The Morgan fingerprint density at radius 2 is 1.38 bits per heavy atom. The number of rotatable bonds is 19. The number of nitrogens with one attached hydrogen (secondary N) is 2. The van der Waals surface area contributed by atoms with Crippen molar-refractivity contribution in [3.63, 3.8) is 0 Å². The number of carbonyl (C=O) groups excluding carboxylic acids is 2. The lowest BCUT2D eigenvalue weighted by molar-refractivity contribution is -0.383. The number of carbonyl (C=O) groups is 3. The number of amides is 2. The largest absolute Gasteiger partial charge is 0.477 e. The van der Waals surface area contributed by atoms with Crippen molar-refractivity contribution >= 4 is 17.8 Å². The molecule has 24 nitrogen and oxygen atoms in total. The summed E-state index contributed by atoms with van der Waals surface area (Å²) in [4.78, 5) is 36.8. The Balaban J connectivity index is 1.92. The van der Waals surface area contributed by atoms with Crippen molar-refractivity contribution in [1.29, 1.82) is 0 Å². The molecule has 326 valence electrons. The predicted octanol–water partition coefficient (Wildman–Crippen LogP) is -7.91. The number of hydrogen-bond donors (Lipinski definition) is 14. The van der Waals surface area contributed by atoms with Gasteiger partial charge in [-0.05, 0) is 13.8 Å². The van der Waals surface area contributed by atoms with E-state index in [1.807, 2.05) is 0 Å². The van der Waals surface area contributed by atoms with Crippen molar-refractivity contribution < 1.29 is 109 Å². The number of ether oxygens (including phenoxy) is 7. The maximum Gasteiger partial charge on any atom is 0.364 e. The average molecular weight is 821 g/mol. The molecule has 0 aromatic heterocycles. The van der Waals surface area contributed by atoms with Crippen LogP contribution in [0.1, 0.15) is 34.1 Å². The molecule has 3 aliphatic rings. The third kappa shape index (κ3) is 11.5. The number of carboxylic acid groups (broad SMARTS) is 1. The summed E-state index contributed by atoms with van der Waals surface area (Å²) in [6, 6.07) is -3.08. The highest BCUT2D eigenvalue weighted by Gasteiger charge is 2.60. The van der Waals surface area contributed by atoms with Crippen LogP contribution in [0.25, 0.3) is 0 Å². The summed E-state index contributed by atoms with van der Waals surface area (Å²) in [5.74, 6) is -6.55. The summed E-state index contributed by atoms with van der Waals surface area (Å²) in [6.45, 7) is 1.30. The first kappa shape index (κ1) is 48.1. The second kappa shape index (κ2) is 21.1. The quantitative estimate of drug-likeness (QED) is 0.0575. The summed E-state index contributed by atoms with van der Waals surface area (Å²) in [5, 5.41) is 131. The van der Waals surface area contributed by atoms with Crippen molar-refractivity contribution in [2.45, 2.75) is 150 Å². The molecule has 0 radical (unpaired) electrons. The van der Waals surface area contributed by atoms with E-state index in [-0.39, 0.29) is 6.10 Å². The molecule has 3 saturated heterocycles. The van der Waals surface area contributed by atoms with Crippen LogP contribution in [0.3, 0.4) is 0 Å². The van der Waals surface area contributed by atoms with Crippen LogP contribution in [0.15, 0.2) is 0 Å². The van der Waals surface area contributed by atoms with Crippen LogP contribution >= 0.6 is 0 Å². The average Bonchev–Trinajstić information content (AvgIpc) is 3.14. The van der Waals surface area contributed by atoms with Crippen LogP contribution in [-0.4, -0.2) is 228 Å². The van der Waals surface area contributed by atoms with Crippen LogP contribution in [-0.2, 0) is 47.5 Å². The van der Waals surface area contributed by atoms with Gasteiger partial charge in [0.05, 0.1) is 51.3 Å². The molecule has 0 aromatic carbocycles. The molecule has 3 fully saturated rings. The van der Waals surface area contributed by atoms with Gasteiger partial charge in [0.15, 0.2) is 12.6 Å². The summed E-state index contributed by atoms with van der Waals surface area (Å²) in [7, 11) is 0. The third-order valence-electron chi connectivity index (χ3n) is 9.34. The van der Waals surface area contributed by atoms with E-state index >= 15 is 0 Å². The zero-order valence-electron chi connectivity index (χ0n) is 31.1. The van der Waals surface area contributed by atoms with Gasteiger partial charge in [0, 0.05) is 20.3 Å². The molecule has 56 heavy (non-hydrogen) atoms. The Kier molecular flexibility index (Phi) is 18.1. The van der Waals surface area contributed by atoms with Crippen LogP contribution in [0.4, 0.5) is 0 Å². The van der Waals surface area contributed by atoms with Crippen LogP contribution < -0.4 is 10.6 Å². The summed E-state index contributed by atoms with van der Waals surface area (Å²) in [5.41, 5.74) is 0. The highest BCUT2D eigenvalue weighted by molar-refractivity contribution is 5.76. The van der Waals surface area contributed by atoms with E-state index in [1.165, 1.54) is 0 Å². The fourth-order valence-electron chi connectivity index (χ4n) is 6.60. The molecule has 0 aromatic rings. The standard InChI is InChI=1S/C32H56N2O22/c1-11(2)51-17(7-36)16(43)10-50-29-21(34-13(4)40)24(46)26(19(9-38)53-29)54-30-25(47)28(23(45)18(8-37)52-30)56-32(31(48)49)5-14(41)20(33-12(3)39)27(55-32)22(44)15(42)6-35/h11,14-30,35-38,41-47H,5-10H2,1-4H3,(H,33,39)(H,34,40)(H,48,49)/t14-,15-,16-,17?,18?,19?,20-,21?,22-,23+,24-,25?,26-,27?,28+,29-,30+,32+/m1/s1. The van der Waals surface area contributed by atoms with Gasteiger partial charge >= 0.3 is 5.97 Å². The first-order valence-corrected chi connectivity index (χ1v) is 17.8. The SMILES string of the molecule is CC(=O)NC1[C@H](OC[C@@H](O)C(CO)OC(C)C)OC(CO)[C@@H](O[C@@H]2OC(CO)[C@H](O)[C@H](O[C@]3(C(=O)O)C[C@@H](O)[C@@H](NC(C)=O)C([C@H](O)[C@H](O)CO)O3)C2O)[C@@H]1O. The summed E-state index contributed by atoms with van der Waals surface area (Å²) < 4.78 is 39.4. The van der Waals surface area contributed by atoms with Gasteiger partial charge in [0.25, 0.3) is 5.79 Å². The van der Waals surface area contributed by atoms with E-state index in [1.54, 1.807) is 13.8 Å². The van der Waals surface area contributed by atoms with Crippen molar-refractivity contribution in [2.24, 2.45) is 0 Å². The van der Waals surface area contributed by atoms with Gasteiger partial charge in [-0.2, -0.15) is 0 Å². The van der Waals surface area contributed by atoms with Crippen molar-refractivity contribution in [3.8, 4) is 0 Å². The third-order valence-corrected chi connectivity index (χ3v) is 9.34. The van der Waals surface area contributed by atoms with Crippen LogP contribution in [0.2, 0.25) is 0 Å². The molecule has 0 spiro atoms. The number of hydrogen-bond acceptors (Lipinski definition) is 21. The number of aliphatic hydroxyl groups is 11. The van der Waals surface area contributed by atoms with Gasteiger partial charge < -0.3 is 105 Å². The normalized spacial score (nSPS) is 38.7. The topological polar surface area (TPSA) is 383 Å². The van der Waals surface area contributed by atoms with Gasteiger partial charge in [-0.3, -0.25) is 9.59 Å². The van der Waals surface area contributed by atoms with Crippen LogP contribution in [0, 0.1) is 0 Å². The number of carboxylic acids is 1. The molecular weight excluding hydrogens is 764 g/mol. The molecular formula is C32H56N2O22. The zero-order chi connectivity index (χ0) is 42.2. The Labute approximate surface area is 320 Å². The first-order chi connectivity index (χ1) is 26.2. The highest BCUT2D eigenvalue weighted by Crippen LogP contribution is 2.38. The van der Waals surface area contributed by atoms with E-state index in [0.29, 0.717) is 0 Å². The maximum atomic E-state index is 12.8. The molecule has 18 atom stereocenters. The second-order valence-electron chi connectivity index (χ2n) is 14.0. The van der Waals surface area contributed by atoms with E-state index in [9.17, 15) is 75.7 Å². The maximum absolute atomic E-state index is 12.8. The first-order valence-electron chi connectivity index (χ1n) is 17.8. The van der Waals surface area contributed by atoms with E-state index in [0.717, 1.165) is 13.8 Å². The van der Waals surface area contributed by atoms with Crippen LogP contribution in [0.5, 0.6) is 0 Å². The zero-order valence-corrected chi connectivity index (χ0v) is 31.1. The van der Waals surface area contributed by atoms with Gasteiger partial charge in [-0.15, -0.1) is 0 Å². The lowest BCUT2D eigenvalue weighted by Crippen LogP contribution is -2.71. The monoisotopic (exact) mass is 820 g/mol. The Morgan fingerprint density at radius 1 is 0.786 bits per heavy atom. The van der Waals surface area contributed by atoms with Gasteiger partial charge in [-0.1, -0.05) is 0 Å². The number of aliphatic carboxylic acids is 1. The molecule has 3 aliphatic heterocycles. The Hall–Kier alpha value is -2.31. The molecule has 3 heterocycles. The molecule has 14 N–H and O–H groups in total. The Morgan fingerprint density at radius 3 is 1.89 bits per heavy atom. The minimum Gasteiger partial charge on any atom is -0.477 e.